The van der Waals surface area contributed by atoms with Crippen molar-refractivity contribution in [2.24, 2.45) is 5.92 Å². The molecule has 0 radical (unpaired) electrons. The molecule has 0 aliphatic rings. The van der Waals surface area contributed by atoms with Crippen molar-refractivity contribution in [3.8, 4) is 11.5 Å². The molecular weight excluding hydrogens is 298 g/mol. The maximum Gasteiger partial charge on any atom is 0.308 e. The Morgan fingerprint density at radius 2 is 2.10 bits per heavy atom. The molecule has 7 heteroatoms. The van der Waals surface area contributed by atoms with Crippen LogP contribution in [0, 0.1) is 5.92 Å². The van der Waals surface area contributed by atoms with E-state index in [0.717, 1.165) is 0 Å². The van der Waals surface area contributed by atoms with Gasteiger partial charge in [-0.3, -0.25) is 9.59 Å². The molecule has 0 saturated heterocycles. The van der Waals surface area contributed by atoms with Crippen molar-refractivity contribution in [1.29, 1.82) is 0 Å². The third-order valence-electron chi connectivity index (χ3n) is 2.77. The van der Waals surface area contributed by atoms with E-state index >= 15 is 0 Å². The van der Waals surface area contributed by atoms with E-state index in [1.54, 1.807) is 0 Å². The topological polar surface area (TPSA) is 84.9 Å². The van der Waals surface area contributed by atoms with E-state index in [4.69, 9.17) is 26.2 Å². The van der Waals surface area contributed by atoms with Gasteiger partial charge in [0.25, 0.3) is 5.91 Å². The van der Waals surface area contributed by atoms with Crippen molar-refractivity contribution in [2.45, 2.75) is 13.8 Å². The number of benzene rings is 1. The minimum atomic E-state index is -0.974. The predicted molar refractivity (Wildman–Crippen MR) is 78.3 cm³/mol. The lowest BCUT2D eigenvalue weighted by Gasteiger charge is -2.13. The minimum Gasteiger partial charge on any atom is -0.493 e. The highest BCUT2D eigenvalue weighted by atomic mass is 35.5. The molecule has 1 unspecified atom stereocenters. The van der Waals surface area contributed by atoms with Crippen molar-refractivity contribution in [2.75, 3.05) is 20.3 Å². The van der Waals surface area contributed by atoms with Crippen molar-refractivity contribution in [3.05, 3.63) is 22.7 Å². The predicted octanol–water partition coefficient (Wildman–Crippen LogP) is 2.20. The zero-order valence-electron chi connectivity index (χ0n) is 12.1. The van der Waals surface area contributed by atoms with Crippen LogP contribution in [0.4, 0.5) is 0 Å². The average Bonchev–Trinajstić information content (AvgIpc) is 2.45. The van der Waals surface area contributed by atoms with Crippen LogP contribution in [-0.4, -0.2) is 37.2 Å². The first-order valence-corrected chi connectivity index (χ1v) is 6.79. The highest BCUT2D eigenvalue weighted by Crippen LogP contribution is 2.36. The Labute approximate surface area is 128 Å². The summed E-state index contributed by atoms with van der Waals surface area (Å²) in [6, 6.07) is 2.95. The van der Waals surface area contributed by atoms with Crippen molar-refractivity contribution in [1.82, 2.24) is 5.32 Å². The number of aliphatic carboxylic acids is 1. The number of ether oxygens (including phenoxy) is 2. The molecule has 1 amide bonds. The second-order valence-corrected chi connectivity index (χ2v) is 4.78. The quantitative estimate of drug-likeness (QED) is 0.805. The summed E-state index contributed by atoms with van der Waals surface area (Å²) in [5, 5.41) is 11.6. The second kappa shape index (κ2) is 7.73. The van der Waals surface area contributed by atoms with Gasteiger partial charge in [0.05, 0.1) is 24.7 Å². The molecule has 0 aliphatic carbocycles. The number of carboxylic acid groups (broad SMARTS) is 1. The fourth-order valence-corrected chi connectivity index (χ4v) is 1.84. The van der Waals surface area contributed by atoms with Crippen molar-refractivity contribution < 1.29 is 24.2 Å². The number of carbonyl (C=O) groups excluding carboxylic acids is 1. The van der Waals surface area contributed by atoms with Crippen LogP contribution in [0.5, 0.6) is 11.5 Å². The monoisotopic (exact) mass is 315 g/mol. The number of carboxylic acids is 1. The van der Waals surface area contributed by atoms with Crippen molar-refractivity contribution >= 4 is 23.5 Å². The second-order valence-electron chi connectivity index (χ2n) is 4.37. The first kappa shape index (κ1) is 17.1. The van der Waals surface area contributed by atoms with E-state index in [1.165, 1.54) is 26.2 Å². The summed E-state index contributed by atoms with van der Waals surface area (Å²) in [7, 11) is 1.45. The summed E-state index contributed by atoms with van der Waals surface area (Å²) in [6.07, 6.45) is 0. The molecule has 1 rings (SSSR count). The Morgan fingerprint density at radius 1 is 1.43 bits per heavy atom. The molecule has 0 bridgehead atoms. The van der Waals surface area contributed by atoms with Gasteiger partial charge in [0, 0.05) is 12.1 Å². The van der Waals surface area contributed by atoms with Crippen LogP contribution in [0.2, 0.25) is 5.02 Å². The van der Waals surface area contributed by atoms with E-state index < -0.39 is 17.8 Å². The van der Waals surface area contributed by atoms with Gasteiger partial charge in [-0.1, -0.05) is 18.5 Å². The largest absolute Gasteiger partial charge is 0.493 e. The van der Waals surface area contributed by atoms with Gasteiger partial charge in [0.1, 0.15) is 0 Å². The number of amides is 1. The van der Waals surface area contributed by atoms with E-state index in [-0.39, 0.29) is 17.1 Å². The van der Waals surface area contributed by atoms with Crippen LogP contribution in [0.1, 0.15) is 24.2 Å². The number of carbonyl (C=O) groups is 2. The number of hydrogen-bond acceptors (Lipinski definition) is 4. The summed E-state index contributed by atoms with van der Waals surface area (Å²) in [5.74, 6) is -1.35. The first-order valence-electron chi connectivity index (χ1n) is 6.42. The van der Waals surface area contributed by atoms with Crippen LogP contribution in [0.15, 0.2) is 12.1 Å². The minimum absolute atomic E-state index is 0.0291. The van der Waals surface area contributed by atoms with Crippen LogP contribution in [0.3, 0.4) is 0 Å². The zero-order chi connectivity index (χ0) is 16.0. The molecule has 6 nitrogen and oxygen atoms in total. The standard InChI is InChI=1S/C14H18ClNO5/c1-4-21-12-10(15)5-9(6-11(12)20-3)13(17)16-7-8(2)14(18)19/h5-6,8H,4,7H2,1-3H3,(H,16,17)(H,18,19). The molecule has 116 valence electrons. The average molecular weight is 316 g/mol. The summed E-state index contributed by atoms with van der Waals surface area (Å²) in [4.78, 5) is 22.7. The normalized spacial score (nSPS) is 11.6. The fraction of sp³-hybridized carbons (Fsp3) is 0.429. The molecule has 0 aliphatic heterocycles. The van der Waals surface area contributed by atoms with Crippen LogP contribution in [-0.2, 0) is 4.79 Å². The highest BCUT2D eigenvalue weighted by Gasteiger charge is 2.17. The smallest absolute Gasteiger partial charge is 0.308 e. The molecular formula is C14H18ClNO5. The molecule has 1 atom stereocenters. The lowest BCUT2D eigenvalue weighted by Crippen LogP contribution is -2.31. The van der Waals surface area contributed by atoms with Gasteiger partial charge < -0.3 is 19.9 Å². The van der Waals surface area contributed by atoms with Crippen LogP contribution < -0.4 is 14.8 Å². The molecule has 2 N–H and O–H groups in total. The Hall–Kier alpha value is -1.95. The molecule has 0 saturated carbocycles. The lowest BCUT2D eigenvalue weighted by atomic mass is 10.1. The Balaban J connectivity index is 2.90. The number of rotatable bonds is 7. The van der Waals surface area contributed by atoms with Gasteiger partial charge in [-0.15, -0.1) is 0 Å². The molecule has 0 spiro atoms. The van der Waals surface area contributed by atoms with Gasteiger partial charge in [-0.25, -0.2) is 0 Å². The summed E-state index contributed by atoms with van der Waals surface area (Å²) < 4.78 is 10.5. The summed E-state index contributed by atoms with van der Waals surface area (Å²) in [5.41, 5.74) is 0.276. The summed E-state index contributed by atoms with van der Waals surface area (Å²) >= 11 is 6.07. The molecule has 0 heterocycles. The third kappa shape index (κ3) is 4.53. The highest BCUT2D eigenvalue weighted by molar-refractivity contribution is 6.32. The van der Waals surface area contributed by atoms with Crippen LogP contribution >= 0.6 is 11.6 Å². The third-order valence-corrected chi connectivity index (χ3v) is 3.05. The maximum atomic E-state index is 12.0. The zero-order valence-corrected chi connectivity index (χ0v) is 12.9. The molecule has 1 aromatic rings. The van der Waals surface area contributed by atoms with E-state index in [9.17, 15) is 9.59 Å². The number of hydrogen-bond donors (Lipinski definition) is 2. The molecule has 0 fully saturated rings. The molecule has 21 heavy (non-hydrogen) atoms. The SMILES string of the molecule is CCOc1c(Cl)cc(C(=O)NCC(C)C(=O)O)cc1OC. The first-order chi connectivity index (χ1) is 9.90. The maximum absolute atomic E-state index is 12.0. The number of methoxy groups -OCH3 is 1. The Kier molecular flexibility index (Phi) is 6.30. The lowest BCUT2D eigenvalue weighted by molar-refractivity contribution is -0.140. The van der Waals surface area contributed by atoms with E-state index in [0.29, 0.717) is 18.1 Å². The number of nitrogens with one attached hydrogen (secondary N) is 1. The van der Waals surface area contributed by atoms with Gasteiger partial charge in [0.15, 0.2) is 11.5 Å². The fourth-order valence-electron chi connectivity index (χ4n) is 1.57. The molecule has 0 aromatic heterocycles. The van der Waals surface area contributed by atoms with Gasteiger partial charge in [-0.2, -0.15) is 0 Å². The van der Waals surface area contributed by atoms with Crippen molar-refractivity contribution in [3.63, 3.8) is 0 Å². The Morgan fingerprint density at radius 3 is 2.62 bits per heavy atom. The van der Waals surface area contributed by atoms with Gasteiger partial charge in [0.2, 0.25) is 0 Å². The summed E-state index contributed by atoms with van der Waals surface area (Å²) in [6.45, 7) is 3.76. The molecule has 1 aromatic carbocycles. The van der Waals surface area contributed by atoms with E-state index in [1.807, 2.05) is 6.92 Å². The Bertz CT molecular complexity index is 532. The van der Waals surface area contributed by atoms with Crippen LogP contribution in [0.25, 0.3) is 0 Å². The van der Waals surface area contributed by atoms with E-state index in [2.05, 4.69) is 5.32 Å². The van der Waals surface area contributed by atoms with Gasteiger partial charge >= 0.3 is 5.97 Å². The number of halogens is 1. The van der Waals surface area contributed by atoms with Gasteiger partial charge in [-0.05, 0) is 19.1 Å².